The topological polar surface area (TPSA) is 29.0 Å². The summed E-state index contributed by atoms with van der Waals surface area (Å²) in [5.74, 6) is 1.13. The third-order valence-electron chi connectivity index (χ3n) is 5.69. The Labute approximate surface area is 180 Å². The van der Waals surface area contributed by atoms with Crippen LogP contribution in [0.5, 0.6) is 0 Å². The van der Waals surface area contributed by atoms with Crippen molar-refractivity contribution in [2.75, 3.05) is 4.90 Å². The minimum Gasteiger partial charge on any atom is -0.296 e. The van der Waals surface area contributed by atoms with Gasteiger partial charge in [0.2, 0.25) is 5.95 Å². The first-order valence-electron chi connectivity index (χ1n) is 10.1. The maximum absolute atomic E-state index is 5.04. The number of rotatable bonds is 3. The lowest BCUT2D eigenvalue weighted by Gasteiger charge is -2.25. The molecule has 4 aromatic rings. The molecular formula is C26H19N3S. The molecular weight excluding hydrogens is 386 g/mol. The maximum atomic E-state index is 5.04. The fourth-order valence-corrected chi connectivity index (χ4v) is 5.43. The van der Waals surface area contributed by atoms with Crippen LogP contribution in [0, 0.1) is 0 Å². The molecule has 0 N–H and O–H groups in total. The Bertz CT molecular complexity index is 1180. The molecule has 2 atom stereocenters. The molecule has 30 heavy (non-hydrogen) atoms. The molecule has 0 saturated carbocycles. The van der Waals surface area contributed by atoms with Crippen molar-refractivity contribution >= 4 is 23.4 Å². The predicted octanol–water partition coefficient (Wildman–Crippen LogP) is 6.63. The summed E-state index contributed by atoms with van der Waals surface area (Å²) < 4.78 is 0. The second-order valence-electron chi connectivity index (χ2n) is 7.48. The van der Waals surface area contributed by atoms with Crippen LogP contribution in [0.1, 0.15) is 11.5 Å². The van der Waals surface area contributed by atoms with Crippen molar-refractivity contribution in [1.29, 1.82) is 0 Å². The lowest BCUT2D eigenvalue weighted by atomic mass is 10.0. The molecule has 144 valence electrons. The zero-order valence-corrected chi connectivity index (χ0v) is 17.0. The second-order valence-corrected chi connectivity index (χ2v) is 8.51. The van der Waals surface area contributed by atoms with Crippen molar-refractivity contribution in [3.63, 3.8) is 0 Å². The van der Waals surface area contributed by atoms with Gasteiger partial charge in [0.05, 0.1) is 16.8 Å². The minimum absolute atomic E-state index is 0.261. The highest BCUT2D eigenvalue weighted by atomic mass is 32.2. The summed E-state index contributed by atoms with van der Waals surface area (Å²) in [6.45, 7) is 0. The van der Waals surface area contributed by atoms with Gasteiger partial charge in [-0.2, -0.15) is 0 Å². The SMILES string of the molecule is C1=CC2c3ccccc3N(c3nc(-c4ccccc4)cc(-c4ccccc4)n3)C2S1. The van der Waals surface area contributed by atoms with Crippen LogP contribution in [0.4, 0.5) is 11.6 Å². The first-order chi connectivity index (χ1) is 14.9. The lowest BCUT2D eigenvalue weighted by Crippen LogP contribution is -2.26. The average Bonchev–Trinajstić information content (AvgIpc) is 3.41. The van der Waals surface area contributed by atoms with Crippen molar-refractivity contribution in [1.82, 2.24) is 9.97 Å². The first-order valence-corrected chi connectivity index (χ1v) is 11.0. The molecule has 4 heteroatoms. The van der Waals surface area contributed by atoms with E-state index in [9.17, 15) is 0 Å². The van der Waals surface area contributed by atoms with Gasteiger partial charge >= 0.3 is 0 Å². The minimum atomic E-state index is 0.261. The van der Waals surface area contributed by atoms with Gasteiger partial charge in [0, 0.05) is 22.7 Å². The van der Waals surface area contributed by atoms with E-state index >= 15 is 0 Å². The molecule has 2 unspecified atom stereocenters. The van der Waals surface area contributed by atoms with Crippen LogP contribution in [0.15, 0.2) is 102 Å². The van der Waals surface area contributed by atoms with Gasteiger partial charge in [-0.1, -0.05) is 84.9 Å². The smallest absolute Gasteiger partial charge is 0.232 e. The zero-order chi connectivity index (χ0) is 19.9. The van der Waals surface area contributed by atoms with Crippen molar-refractivity contribution in [3.05, 3.63) is 108 Å². The molecule has 0 fully saturated rings. The van der Waals surface area contributed by atoms with Crippen molar-refractivity contribution < 1.29 is 0 Å². The van der Waals surface area contributed by atoms with Gasteiger partial charge in [-0.15, -0.1) is 11.8 Å². The third kappa shape index (κ3) is 2.84. The Morgan fingerprint density at radius 3 is 1.97 bits per heavy atom. The van der Waals surface area contributed by atoms with Gasteiger partial charge < -0.3 is 0 Å². The van der Waals surface area contributed by atoms with Crippen molar-refractivity contribution in [2.45, 2.75) is 11.3 Å². The van der Waals surface area contributed by atoms with Gasteiger partial charge in [-0.05, 0) is 23.1 Å². The van der Waals surface area contributed by atoms with E-state index < -0.39 is 0 Å². The molecule has 0 radical (unpaired) electrons. The fraction of sp³-hybridized carbons (Fsp3) is 0.0769. The van der Waals surface area contributed by atoms with Gasteiger partial charge in [0.1, 0.15) is 0 Å². The summed E-state index contributed by atoms with van der Waals surface area (Å²) in [5, 5.41) is 2.47. The Morgan fingerprint density at radius 1 is 0.700 bits per heavy atom. The van der Waals surface area contributed by atoms with E-state index in [1.165, 1.54) is 11.3 Å². The van der Waals surface area contributed by atoms with Gasteiger partial charge in [-0.3, -0.25) is 4.90 Å². The van der Waals surface area contributed by atoms with Crippen LogP contribution in [0.2, 0.25) is 0 Å². The molecule has 3 nitrogen and oxygen atoms in total. The lowest BCUT2D eigenvalue weighted by molar-refractivity contribution is 0.825. The summed E-state index contributed by atoms with van der Waals surface area (Å²) in [6.07, 6.45) is 2.30. The van der Waals surface area contributed by atoms with E-state index in [-0.39, 0.29) is 5.37 Å². The van der Waals surface area contributed by atoms with Crippen LogP contribution in [-0.2, 0) is 0 Å². The van der Waals surface area contributed by atoms with Gasteiger partial charge in [0.15, 0.2) is 0 Å². The molecule has 2 aliphatic heterocycles. The number of nitrogens with zero attached hydrogens (tertiary/aromatic N) is 3. The number of para-hydroxylation sites is 1. The van der Waals surface area contributed by atoms with Crippen LogP contribution < -0.4 is 4.90 Å². The molecule has 0 bridgehead atoms. The number of hydrogen-bond donors (Lipinski definition) is 0. The van der Waals surface area contributed by atoms with E-state index in [0.717, 1.165) is 28.5 Å². The van der Waals surface area contributed by atoms with Crippen molar-refractivity contribution in [2.24, 2.45) is 0 Å². The molecule has 0 spiro atoms. The summed E-state index contributed by atoms with van der Waals surface area (Å²) in [7, 11) is 0. The molecule has 0 saturated heterocycles. The zero-order valence-electron chi connectivity index (χ0n) is 16.2. The highest BCUT2D eigenvalue weighted by Gasteiger charge is 2.41. The third-order valence-corrected chi connectivity index (χ3v) is 6.79. The van der Waals surface area contributed by atoms with Crippen LogP contribution in [-0.4, -0.2) is 15.3 Å². The molecule has 0 aliphatic carbocycles. The quantitative estimate of drug-likeness (QED) is 0.382. The number of fused-ring (bicyclic) bond motifs is 3. The Kier molecular flexibility index (Phi) is 4.17. The molecule has 6 rings (SSSR count). The molecule has 2 aliphatic rings. The summed E-state index contributed by atoms with van der Waals surface area (Å²) in [5.41, 5.74) is 6.62. The normalized spacial score (nSPS) is 19.0. The Morgan fingerprint density at radius 2 is 1.30 bits per heavy atom. The number of thioether (sulfide) groups is 1. The molecule has 1 aromatic heterocycles. The van der Waals surface area contributed by atoms with E-state index in [4.69, 9.17) is 9.97 Å². The summed E-state index contributed by atoms with van der Waals surface area (Å²) >= 11 is 1.84. The number of aromatic nitrogens is 2. The summed E-state index contributed by atoms with van der Waals surface area (Å²) in [4.78, 5) is 12.4. The van der Waals surface area contributed by atoms with E-state index in [1.807, 2.05) is 23.9 Å². The number of anilines is 2. The first kappa shape index (κ1) is 17.5. The van der Waals surface area contributed by atoms with Crippen LogP contribution in [0.25, 0.3) is 22.5 Å². The molecule has 0 amide bonds. The predicted molar refractivity (Wildman–Crippen MR) is 125 cm³/mol. The second kappa shape index (κ2) is 7.15. The van der Waals surface area contributed by atoms with Crippen molar-refractivity contribution in [3.8, 4) is 22.5 Å². The van der Waals surface area contributed by atoms with E-state index in [0.29, 0.717) is 5.92 Å². The van der Waals surface area contributed by atoms with E-state index in [1.54, 1.807) is 0 Å². The largest absolute Gasteiger partial charge is 0.296 e. The Balaban J connectivity index is 1.56. The molecule has 3 heterocycles. The summed E-state index contributed by atoms with van der Waals surface area (Å²) in [6, 6.07) is 31.4. The fourth-order valence-electron chi connectivity index (χ4n) is 4.27. The maximum Gasteiger partial charge on any atom is 0.232 e. The Hall–Kier alpha value is -3.37. The van der Waals surface area contributed by atoms with Gasteiger partial charge in [-0.25, -0.2) is 9.97 Å². The van der Waals surface area contributed by atoms with Gasteiger partial charge in [0.25, 0.3) is 0 Å². The standard InChI is InChI=1S/C26H19N3S/c1-3-9-18(10-4-1)22-17-23(19-11-5-2-6-12-19)28-26(27-22)29-24-14-8-7-13-20(24)21-15-16-30-25(21)29/h1-17,21,25H. The van der Waals surface area contributed by atoms with E-state index in [2.05, 4.69) is 95.2 Å². The van der Waals surface area contributed by atoms with Crippen LogP contribution >= 0.6 is 11.8 Å². The average molecular weight is 406 g/mol. The van der Waals surface area contributed by atoms with Crippen LogP contribution in [0.3, 0.4) is 0 Å². The highest BCUT2D eigenvalue weighted by Crippen LogP contribution is 2.52. The molecule has 3 aromatic carbocycles. The highest BCUT2D eigenvalue weighted by molar-refractivity contribution is 8.03. The number of hydrogen-bond acceptors (Lipinski definition) is 4. The number of benzene rings is 3. The monoisotopic (exact) mass is 405 g/mol.